The topological polar surface area (TPSA) is 43.9 Å². The first kappa shape index (κ1) is 11.0. The third kappa shape index (κ3) is 2.02. The number of pyridine rings is 2. The summed E-state index contributed by atoms with van der Waals surface area (Å²) in [7, 11) is 0. The first-order valence-electron chi connectivity index (χ1n) is 5.29. The number of nitrogens with zero attached hydrogens (tertiary/aromatic N) is 3. The van der Waals surface area contributed by atoms with E-state index in [0.29, 0.717) is 18.1 Å². The average Bonchev–Trinajstić information content (AvgIpc) is 2.73. The minimum absolute atomic E-state index is 0.210. The van der Waals surface area contributed by atoms with E-state index in [9.17, 15) is 4.39 Å². The minimum atomic E-state index is -0.490. The van der Waals surface area contributed by atoms with Crippen molar-refractivity contribution in [3.05, 3.63) is 53.0 Å². The summed E-state index contributed by atoms with van der Waals surface area (Å²) in [6, 6.07) is 6.66. The molecule has 0 unspecified atom stereocenters. The highest BCUT2D eigenvalue weighted by Gasteiger charge is 2.12. The molecule has 6 heteroatoms. The Bertz CT molecular complexity index is 704. The maximum absolute atomic E-state index is 12.7. The van der Waals surface area contributed by atoms with E-state index in [-0.39, 0.29) is 4.84 Å². The number of oxazole rings is 1. The van der Waals surface area contributed by atoms with Gasteiger partial charge in [-0.1, -0.05) is 6.07 Å². The summed E-state index contributed by atoms with van der Waals surface area (Å²) in [6.45, 7) is 0.534. The van der Waals surface area contributed by atoms with Gasteiger partial charge in [0.1, 0.15) is 0 Å². The van der Waals surface area contributed by atoms with Gasteiger partial charge in [0, 0.05) is 12.4 Å². The largest absolute Gasteiger partial charge is 0.426 e. The molecule has 0 bridgehead atoms. The van der Waals surface area contributed by atoms with Crippen molar-refractivity contribution >= 4 is 12.2 Å². The van der Waals surface area contributed by atoms with Crippen molar-refractivity contribution < 1.29 is 8.81 Å². The zero-order valence-corrected chi connectivity index (χ0v) is 10.0. The van der Waals surface area contributed by atoms with Gasteiger partial charge in [-0.3, -0.25) is 0 Å². The lowest BCUT2D eigenvalue weighted by atomic mass is 10.2. The molecule has 0 radical (unpaired) electrons. The smallest absolute Gasteiger partial charge is 0.291 e. The molecule has 4 nitrogen and oxygen atoms in total. The van der Waals surface area contributed by atoms with Gasteiger partial charge >= 0.3 is 0 Å². The highest BCUT2D eigenvalue weighted by atomic mass is 32.1. The predicted octanol–water partition coefficient (Wildman–Crippen LogP) is 2.89. The first-order valence-corrected chi connectivity index (χ1v) is 5.69. The monoisotopic (exact) mass is 261 g/mol. The number of fused-ring (bicyclic) bond motifs is 1. The summed E-state index contributed by atoms with van der Waals surface area (Å²) >= 11 is 4.90. The summed E-state index contributed by atoms with van der Waals surface area (Å²) in [5.41, 5.74) is 0.878. The third-order valence-corrected chi connectivity index (χ3v) is 2.72. The molecule has 1 aromatic heterocycles. The van der Waals surface area contributed by atoms with Crippen LogP contribution in [0.2, 0.25) is 0 Å². The molecule has 0 amide bonds. The maximum Gasteiger partial charge on any atom is 0.291 e. The van der Waals surface area contributed by atoms with Crippen molar-refractivity contribution in [1.82, 2.24) is 14.5 Å². The van der Waals surface area contributed by atoms with E-state index in [4.69, 9.17) is 16.6 Å². The number of aromatic nitrogens is 3. The van der Waals surface area contributed by atoms with Crippen LogP contribution in [0.1, 0.15) is 5.56 Å². The molecular formula is C12H8FN3OS. The second kappa shape index (κ2) is 4.30. The summed E-state index contributed by atoms with van der Waals surface area (Å²) < 4.78 is 19.9. The summed E-state index contributed by atoms with van der Waals surface area (Å²) in [5.74, 6) is 0.820. The van der Waals surface area contributed by atoms with Crippen LogP contribution in [0.25, 0.3) is 11.6 Å². The van der Waals surface area contributed by atoms with E-state index in [1.165, 1.54) is 12.3 Å². The molecule has 0 saturated carbocycles. The van der Waals surface area contributed by atoms with Gasteiger partial charge in [0.25, 0.3) is 4.84 Å². The number of rotatable bonds is 2. The van der Waals surface area contributed by atoms with E-state index in [0.717, 1.165) is 5.56 Å². The van der Waals surface area contributed by atoms with Crippen LogP contribution in [0, 0.1) is 10.8 Å². The molecule has 0 fully saturated rings. The van der Waals surface area contributed by atoms with Crippen LogP contribution in [0.4, 0.5) is 4.39 Å². The molecule has 0 N–H and O–H groups in total. The predicted molar refractivity (Wildman–Crippen MR) is 65.2 cm³/mol. The number of hydrogen-bond donors (Lipinski definition) is 0. The highest BCUT2D eigenvalue weighted by molar-refractivity contribution is 7.71. The lowest BCUT2D eigenvalue weighted by molar-refractivity contribution is 0.554. The normalized spacial score (nSPS) is 10.9. The fourth-order valence-corrected chi connectivity index (χ4v) is 1.92. The van der Waals surface area contributed by atoms with Crippen molar-refractivity contribution in [3.8, 4) is 11.6 Å². The van der Waals surface area contributed by atoms with E-state index < -0.39 is 5.95 Å². The lowest BCUT2D eigenvalue weighted by Crippen LogP contribution is -2.04. The molecular weight excluding hydrogens is 253 g/mol. The molecule has 18 heavy (non-hydrogen) atoms. The summed E-state index contributed by atoms with van der Waals surface area (Å²) in [4.78, 5) is 7.97. The minimum Gasteiger partial charge on any atom is -0.426 e. The summed E-state index contributed by atoms with van der Waals surface area (Å²) in [6.07, 6.45) is 3.36. The second-order valence-electron chi connectivity index (χ2n) is 3.79. The molecule has 0 spiro atoms. The zero-order valence-electron chi connectivity index (χ0n) is 9.21. The lowest BCUT2D eigenvalue weighted by Gasteiger charge is -2.09. The van der Waals surface area contributed by atoms with Crippen molar-refractivity contribution in [1.29, 1.82) is 0 Å². The Labute approximate surface area is 107 Å². The Balaban J connectivity index is 2.00. The maximum atomic E-state index is 12.7. The number of hydrogen-bond acceptors (Lipinski definition) is 4. The second-order valence-corrected chi connectivity index (χ2v) is 4.14. The van der Waals surface area contributed by atoms with Crippen LogP contribution >= 0.6 is 12.2 Å². The molecule has 3 rings (SSSR count). The third-order valence-electron chi connectivity index (χ3n) is 2.54. The Morgan fingerprint density at radius 3 is 3.00 bits per heavy atom. The van der Waals surface area contributed by atoms with E-state index in [1.807, 2.05) is 16.8 Å². The van der Waals surface area contributed by atoms with Gasteiger partial charge in [0.05, 0.1) is 6.54 Å². The van der Waals surface area contributed by atoms with Crippen molar-refractivity contribution in [3.63, 3.8) is 0 Å². The molecule has 90 valence electrons. The van der Waals surface area contributed by atoms with Gasteiger partial charge in [0.2, 0.25) is 5.95 Å². The van der Waals surface area contributed by atoms with Gasteiger partial charge in [-0.05, 0) is 36.0 Å². The standard InChI is InChI=1S/C12H8FN3OS/c13-10-4-3-8(6-14-10)7-16-5-1-2-9-11(16)15-12(18)17-9/h1-6H,7H2. The van der Waals surface area contributed by atoms with Crippen LogP contribution in [-0.4, -0.2) is 14.5 Å². The fraction of sp³-hybridized carbons (Fsp3) is 0.0833. The van der Waals surface area contributed by atoms with Gasteiger partial charge < -0.3 is 8.98 Å². The fourth-order valence-electron chi connectivity index (χ4n) is 1.75. The van der Waals surface area contributed by atoms with Gasteiger partial charge in [0.15, 0.2) is 11.6 Å². The van der Waals surface area contributed by atoms with Crippen LogP contribution < -0.4 is 0 Å². The first-order chi connectivity index (χ1) is 8.72. The van der Waals surface area contributed by atoms with Crippen LogP contribution in [-0.2, 0) is 6.54 Å². The number of halogens is 1. The Hall–Kier alpha value is -2.08. The zero-order chi connectivity index (χ0) is 12.5. The summed E-state index contributed by atoms with van der Waals surface area (Å²) in [5, 5.41) is 0. The molecule has 2 aliphatic rings. The van der Waals surface area contributed by atoms with E-state index in [2.05, 4.69) is 9.97 Å². The Kier molecular flexibility index (Phi) is 2.64. The highest BCUT2D eigenvalue weighted by Crippen LogP contribution is 2.21. The van der Waals surface area contributed by atoms with Gasteiger partial charge in [-0.2, -0.15) is 9.37 Å². The van der Waals surface area contributed by atoms with E-state index in [1.54, 1.807) is 12.1 Å². The van der Waals surface area contributed by atoms with Crippen LogP contribution in [0.15, 0.2) is 41.1 Å². The molecule has 0 aliphatic carbocycles. The molecule has 3 heterocycles. The van der Waals surface area contributed by atoms with Crippen molar-refractivity contribution in [2.75, 3.05) is 0 Å². The Morgan fingerprint density at radius 2 is 2.22 bits per heavy atom. The average molecular weight is 261 g/mol. The molecule has 1 aromatic rings. The molecule has 0 aromatic carbocycles. The van der Waals surface area contributed by atoms with Crippen LogP contribution in [0.5, 0.6) is 0 Å². The van der Waals surface area contributed by atoms with Crippen molar-refractivity contribution in [2.24, 2.45) is 0 Å². The molecule has 0 saturated heterocycles. The molecule has 2 aliphatic heterocycles. The van der Waals surface area contributed by atoms with Gasteiger partial charge in [-0.25, -0.2) is 4.98 Å². The van der Waals surface area contributed by atoms with Crippen LogP contribution in [0.3, 0.4) is 0 Å². The van der Waals surface area contributed by atoms with E-state index >= 15 is 0 Å². The molecule has 0 atom stereocenters. The van der Waals surface area contributed by atoms with Gasteiger partial charge in [-0.15, -0.1) is 0 Å². The Morgan fingerprint density at radius 1 is 1.33 bits per heavy atom. The quantitative estimate of drug-likeness (QED) is 0.525. The van der Waals surface area contributed by atoms with Crippen molar-refractivity contribution in [2.45, 2.75) is 6.54 Å². The SMILES string of the molecule is Fc1ccc(Cn2cccc3oc(=S)nc2-3)cn1.